The van der Waals surface area contributed by atoms with Crippen molar-refractivity contribution < 1.29 is 20.0 Å². The van der Waals surface area contributed by atoms with E-state index in [-0.39, 0.29) is 6.10 Å². The second-order valence-electron chi connectivity index (χ2n) is 5.01. The number of hydrogen-bond donors (Lipinski definition) is 2. The second kappa shape index (κ2) is 5.77. The molecule has 1 unspecified atom stereocenters. The lowest BCUT2D eigenvalue weighted by atomic mass is 9.99. The van der Waals surface area contributed by atoms with Gasteiger partial charge in [0.2, 0.25) is 5.75 Å². The van der Waals surface area contributed by atoms with E-state index in [2.05, 4.69) is 5.16 Å². The second-order valence-corrected chi connectivity index (χ2v) is 5.44. The zero-order valence-corrected chi connectivity index (χ0v) is 12.4. The molecule has 0 saturated heterocycles. The van der Waals surface area contributed by atoms with Gasteiger partial charge in [0.05, 0.1) is 10.6 Å². The fourth-order valence-corrected chi connectivity index (χ4v) is 2.44. The van der Waals surface area contributed by atoms with Crippen molar-refractivity contribution in [3.05, 3.63) is 62.7 Å². The quantitative estimate of drug-likeness (QED) is 0.507. The zero-order chi connectivity index (χ0) is 16.6. The minimum atomic E-state index is -0.772. The first-order valence-corrected chi connectivity index (χ1v) is 7.02. The van der Waals surface area contributed by atoms with E-state index in [1.54, 1.807) is 12.1 Å². The molecule has 0 aliphatic carbocycles. The van der Waals surface area contributed by atoms with Gasteiger partial charge in [-0.15, -0.1) is 0 Å². The van der Waals surface area contributed by atoms with Crippen LogP contribution in [0.3, 0.4) is 0 Å². The van der Waals surface area contributed by atoms with Crippen LogP contribution in [0.5, 0.6) is 11.5 Å². The topological polar surface area (TPSA) is 105 Å². The van der Waals surface area contributed by atoms with Gasteiger partial charge in [0.1, 0.15) is 0 Å². The third-order valence-electron chi connectivity index (χ3n) is 3.51. The number of oxime groups is 1. The van der Waals surface area contributed by atoms with Crippen molar-refractivity contribution in [2.24, 2.45) is 5.16 Å². The van der Waals surface area contributed by atoms with Gasteiger partial charge in [-0.25, -0.2) is 0 Å². The predicted octanol–water partition coefficient (Wildman–Crippen LogP) is 3.53. The molecule has 0 bridgehead atoms. The summed E-state index contributed by atoms with van der Waals surface area (Å²) in [6.45, 7) is 0. The number of phenolic OH excluding ortho intramolecular Hbond substituents is 2. The van der Waals surface area contributed by atoms with Gasteiger partial charge in [0.25, 0.3) is 0 Å². The number of phenols is 2. The zero-order valence-electron chi connectivity index (χ0n) is 11.6. The van der Waals surface area contributed by atoms with E-state index in [9.17, 15) is 20.3 Å². The lowest BCUT2D eigenvalue weighted by Crippen LogP contribution is -2.02. The molecule has 0 saturated carbocycles. The highest BCUT2D eigenvalue weighted by molar-refractivity contribution is 6.30. The molecule has 0 fully saturated rings. The van der Waals surface area contributed by atoms with Crippen molar-refractivity contribution in [3.8, 4) is 11.5 Å². The summed E-state index contributed by atoms with van der Waals surface area (Å²) in [5.74, 6) is -1.35. The predicted molar refractivity (Wildman–Crippen MR) is 82.9 cm³/mol. The van der Waals surface area contributed by atoms with Crippen molar-refractivity contribution in [2.75, 3.05) is 0 Å². The number of hydrogen-bond acceptors (Lipinski definition) is 6. The maximum atomic E-state index is 10.9. The highest BCUT2D eigenvalue weighted by Gasteiger charge is 2.27. The summed E-state index contributed by atoms with van der Waals surface area (Å²) < 4.78 is 0. The Morgan fingerprint density at radius 1 is 1.26 bits per heavy atom. The van der Waals surface area contributed by atoms with Crippen molar-refractivity contribution in [3.63, 3.8) is 0 Å². The number of nitro benzene ring substituents is 1. The summed E-state index contributed by atoms with van der Waals surface area (Å²) in [7, 11) is 0. The van der Waals surface area contributed by atoms with E-state index in [0.717, 1.165) is 11.6 Å². The van der Waals surface area contributed by atoms with E-state index in [1.807, 2.05) is 12.1 Å². The highest BCUT2D eigenvalue weighted by Crippen LogP contribution is 2.38. The highest BCUT2D eigenvalue weighted by atomic mass is 35.5. The van der Waals surface area contributed by atoms with Crippen molar-refractivity contribution >= 4 is 23.0 Å². The van der Waals surface area contributed by atoms with Crippen LogP contribution in [0.1, 0.15) is 23.7 Å². The van der Waals surface area contributed by atoms with Crippen molar-refractivity contribution in [2.45, 2.75) is 12.5 Å². The summed E-state index contributed by atoms with van der Waals surface area (Å²) in [6, 6.07) is 9.45. The normalized spacial score (nSPS) is 16.7. The molecule has 118 valence electrons. The number of aromatic hydroxyl groups is 2. The monoisotopic (exact) mass is 334 g/mol. The first kappa shape index (κ1) is 15.1. The SMILES string of the molecule is O=[N+]([O-])c1cc(C2=NOC(c3ccc(Cl)cc3)C2)cc(O)c1O. The summed E-state index contributed by atoms with van der Waals surface area (Å²) in [4.78, 5) is 15.5. The summed E-state index contributed by atoms with van der Waals surface area (Å²) in [6.07, 6.45) is 0.0421. The lowest BCUT2D eigenvalue weighted by Gasteiger charge is -2.08. The van der Waals surface area contributed by atoms with Gasteiger partial charge in [-0.2, -0.15) is 0 Å². The third kappa shape index (κ3) is 2.91. The van der Waals surface area contributed by atoms with Crippen LogP contribution in [0.4, 0.5) is 5.69 Å². The van der Waals surface area contributed by atoms with Crippen molar-refractivity contribution in [1.29, 1.82) is 0 Å². The molecule has 3 rings (SSSR count). The Bertz CT molecular complexity index is 804. The van der Waals surface area contributed by atoms with Gasteiger partial charge in [-0.3, -0.25) is 10.1 Å². The van der Waals surface area contributed by atoms with Gasteiger partial charge in [0.15, 0.2) is 11.9 Å². The molecule has 0 aromatic heterocycles. The minimum Gasteiger partial charge on any atom is -0.504 e. The number of rotatable bonds is 3. The Balaban J connectivity index is 1.87. The van der Waals surface area contributed by atoms with Gasteiger partial charge >= 0.3 is 5.69 Å². The smallest absolute Gasteiger partial charge is 0.315 e. The van der Waals surface area contributed by atoms with E-state index in [4.69, 9.17) is 16.4 Å². The maximum Gasteiger partial charge on any atom is 0.315 e. The van der Waals surface area contributed by atoms with E-state index in [1.165, 1.54) is 6.07 Å². The maximum absolute atomic E-state index is 10.9. The number of nitro groups is 1. The lowest BCUT2D eigenvalue weighted by molar-refractivity contribution is -0.386. The van der Waals surface area contributed by atoms with Gasteiger partial charge in [-0.05, 0) is 23.8 Å². The Kier molecular flexibility index (Phi) is 3.79. The minimum absolute atomic E-state index is 0.323. The summed E-state index contributed by atoms with van der Waals surface area (Å²) in [5.41, 5.74) is 1.05. The molecular weight excluding hydrogens is 324 g/mol. The molecule has 0 amide bonds. The van der Waals surface area contributed by atoms with E-state index >= 15 is 0 Å². The fraction of sp³-hybridized carbons (Fsp3) is 0.133. The van der Waals surface area contributed by atoms with Crippen LogP contribution in [0.15, 0.2) is 41.6 Å². The largest absolute Gasteiger partial charge is 0.504 e. The van der Waals surface area contributed by atoms with Crippen LogP contribution in [0.2, 0.25) is 5.02 Å². The Hall–Kier alpha value is -2.80. The molecule has 1 atom stereocenters. The number of halogens is 1. The first-order chi connectivity index (χ1) is 11.0. The standard InChI is InChI=1S/C15H11ClN2O5/c16-10-3-1-8(2-4-10)14-7-11(17-23-14)9-5-12(18(21)22)15(20)13(19)6-9/h1-6,14,19-20H,7H2. The molecule has 0 spiro atoms. The van der Waals surface area contributed by atoms with Crippen LogP contribution < -0.4 is 0 Å². The van der Waals surface area contributed by atoms with E-state index in [0.29, 0.717) is 22.7 Å². The molecule has 1 aliphatic rings. The molecule has 1 heterocycles. The van der Waals surface area contributed by atoms with Gasteiger partial charge in [-0.1, -0.05) is 28.9 Å². The molecule has 23 heavy (non-hydrogen) atoms. The molecule has 8 heteroatoms. The van der Waals surface area contributed by atoms with Crippen LogP contribution in [0.25, 0.3) is 0 Å². The Morgan fingerprint density at radius 2 is 1.96 bits per heavy atom. The Morgan fingerprint density at radius 3 is 2.61 bits per heavy atom. The van der Waals surface area contributed by atoms with Gasteiger partial charge < -0.3 is 15.1 Å². The van der Waals surface area contributed by atoms with Crippen LogP contribution in [-0.2, 0) is 4.84 Å². The van der Waals surface area contributed by atoms with Gasteiger partial charge in [0, 0.05) is 23.1 Å². The number of benzene rings is 2. The van der Waals surface area contributed by atoms with Crippen LogP contribution in [0, 0.1) is 10.1 Å². The van der Waals surface area contributed by atoms with Crippen LogP contribution >= 0.6 is 11.6 Å². The molecule has 2 aromatic carbocycles. The Labute approximate surface area is 135 Å². The molecule has 0 radical (unpaired) electrons. The third-order valence-corrected chi connectivity index (χ3v) is 3.76. The first-order valence-electron chi connectivity index (χ1n) is 6.64. The average molecular weight is 335 g/mol. The summed E-state index contributed by atoms with van der Waals surface area (Å²) in [5, 5.41) is 34.6. The summed E-state index contributed by atoms with van der Waals surface area (Å²) >= 11 is 5.84. The molecule has 1 aliphatic heterocycles. The van der Waals surface area contributed by atoms with Crippen LogP contribution in [-0.4, -0.2) is 20.8 Å². The average Bonchev–Trinajstić information content (AvgIpc) is 3.00. The molecule has 2 aromatic rings. The number of nitrogens with zero attached hydrogens (tertiary/aromatic N) is 2. The van der Waals surface area contributed by atoms with E-state index < -0.39 is 22.1 Å². The molecular formula is C15H11ClN2O5. The fourth-order valence-electron chi connectivity index (χ4n) is 2.31. The van der Waals surface area contributed by atoms with Crippen molar-refractivity contribution in [1.82, 2.24) is 0 Å². The molecule has 7 nitrogen and oxygen atoms in total. The molecule has 2 N–H and O–H groups in total.